The summed E-state index contributed by atoms with van der Waals surface area (Å²) in [5.41, 5.74) is 0. The van der Waals surface area contributed by atoms with Crippen molar-refractivity contribution in [2.75, 3.05) is 32.4 Å². The highest BCUT2D eigenvalue weighted by atomic mass is 32.2. The van der Waals surface area contributed by atoms with Crippen molar-refractivity contribution in [3.8, 4) is 0 Å². The number of sulfone groups is 1. The van der Waals surface area contributed by atoms with E-state index >= 15 is 0 Å². The molecule has 0 aromatic heterocycles. The molecule has 0 amide bonds. The van der Waals surface area contributed by atoms with E-state index in [0.717, 1.165) is 19.6 Å². The molecule has 0 saturated carbocycles. The fourth-order valence-electron chi connectivity index (χ4n) is 1.81. The van der Waals surface area contributed by atoms with Crippen LogP contribution in [0.3, 0.4) is 0 Å². The molecule has 1 aliphatic heterocycles. The smallest absolute Gasteiger partial charge is 0.153 e. The Hall–Kier alpha value is -0.130. The van der Waals surface area contributed by atoms with E-state index in [1.165, 1.54) is 6.26 Å². The van der Waals surface area contributed by atoms with E-state index in [0.29, 0.717) is 12.6 Å². The van der Waals surface area contributed by atoms with Crippen molar-refractivity contribution in [1.29, 1.82) is 0 Å². The van der Waals surface area contributed by atoms with E-state index in [2.05, 4.69) is 17.1 Å². The lowest BCUT2D eigenvalue weighted by Crippen LogP contribution is -2.54. The molecule has 1 N–H and O–H groups in total. The largest absolute Gasteiger partial charge is 0.312 e. The standard InChI is InChI=1S/C10H22N2O2S/c1-9-7-12(6-5-11-9)8-10(2,3)15(4,13)14/h9,11H,5-8H2,1-4H3. The van der Waals surface area contributed by atoms with E-state index in [4.69, 9.17) is 0 Å². The highest BCUT2D eigenvalue weighted by molar-refractivity contribution is 7.92. The van der Waals surface area contributed by atoms with Crippen molar-refractivity contribution >= 4 is 9.84 Å². The molecule has 0 aliphatic carbocycles. The zero-order valence-corrected chi connectivity index (χ0v) is 10.9. The predicted molar refractivity (Wildman–Crippen MR) is 62.8 cm³/mol. The van der Waals surface area contributed by atoms with Gasteiger partial charge in [-0.05, 0) is 20.8 Å². The SMILES string of the molecule is CC1CN(CC(C)(C)S(C)(=O)=O)CCN1. The third-order valence-corrected chi connectivity index (χ3v) is 5.20. The molecule has 0 aromatic rings. The first-order chi connectivity index (χ1) is 6.72. The average molecular weight is 234 g/mol. The van der Waals surface area contributed by atoms with Crippen LogP contribution in [-0.2, 0) is 9.84 Å². The Balaban J connectivity index is 2.61. The van der Waals surface area contributed by atoms with Crippen LogP contribution in [0.15, 0.2) is 0 Å². The minimum absolute atomic E-state index is 0.453. The second-order valence-electron chi connectivity index (χ2n) is 5.12. The Labute approximate surface area is 93.0 Å². The van der Waals surface area contributed by atoms with Gasteiger partial charge in [0.2, 0.25) is 0 Å². The van der Waals surface area contributed by atoms with Gasteiger partial charge in [-0.2, -0.15) is 0 Å². The summed E-state index contributed by atoms with van der Waals surface area (Å²) in [6, 6.07) is 0.453. The van der Waals surface area contributed by atoms with Crippen molar-refractivity contribution in [1.82, 2.24) is 10.2 Å². The minimum Gasteiger partial charge on any atom is -0.312 e. The van der Waals surface area contributed by atoms with Crippen LogP contribution >= 0.6 is 0 Å². The first kappa shape index (κ1) is 12.9. The Morgan fingerprint density at radius 1 is 1.47 bits per heavy atom. The van der Waals surface area contributed by atoms with Crippen LogP contribution in [0.1, 0.15) is 20.8 Å². The summed E-state index contributed by atoms with van der Waals surface area (Å²) in [5.74, 6) is 0. The summed E-state index contributed by atoms with van der Waals surface area (Å²) in [4.78, 5) is 2.22. The molecule has 1 fully saturated rings. The molecule has 4 nitrogen and oxygen atoms in total. The van der Waals surface area contributed by atoms with Crippen molar-refractivity contribution in [3.05, 3.63) is 0 Å². The molecule has 90 valence electrons. The van der Waals surface area contributed by atoms with Gasteiger partial charge in [-0.15, -0.1) is 0 Å². The van der Waals surface area contributed by atoms with Crippen LogP contribution < -0.4 is 5.32 Å². The van der Waals surface area contributed by atoms with Crippen molar-refractivity contribution in [3.63, 3.8) is 0 Å². The lowest BCUT2D eigenvalue weighted by molar-refractivity contribution is 0.193. The molecular weight excluding hydrogens is 212 g/mol. The Morgan fingerprint density at radius 2 is 2.07 bits per heavy atom. The maximum absolute atomic E-state index is 11.6. The molecule has 0 bridgehead atoms. The average Bonchev–Trinajstić information content (AvgIpc) is 2.00. The number of hydrogen-bond acceptors (Lipinski definition) is 4. The van der Waals surface area contributed by atoms with Crippen LogP contribution in [0.25, 0.3) is 0 Å². The second kappa shape index (κ2) is 4.39. The van der Waals surface area contributed by atoms with Crippen molar-refractivity contribution in [2.24, 2.45) is 0 Å². The fraction of sp³-hybridized carbons (Fsp3) is 1.00. The quantitative estimate of drug-likeness (QED) is 0.752. The van der Waals surface area contributed by atoms with Gasteiger partial charge in [0.25, 0.3) is 0 Å². The van der Waals surface area contributed by atoms with E-state index < -0.39 is 14.6 Å². The molecule has 0 aromatic carbocycles. The zero-order chi connectivity index (χ0) is 11.7. The molecule has 0 spiro atoms. The van der Waals surface area contributed by atoms with Gasteiger partial charge < -0.3 is 5.32 Å². The number of nitrogens with one attached hydrogen (secondary N) is 1. The first-order valence-corrected chi connectivity index (χ1v) is 7.27. The van der Waals surface area contributed by atoms with E-state index in [9.17, 15) is 8.42 Å². The molecule has 1 heterocycles. The Bertz CT molecular complexity index is 311. The molecule has 5 heteroatoms. The summed E-state index contributed by atoms with van der Waals surface area (Å²) < 4.78 is 22.5. The normalized spacial score (nSPS) is 25.5. The topological polar surface area (TPSA) is 49.4 Å². The number of nitrogens with zero attached hydrogens (tertiary/aromatic N) is 1. The van der Waals surface area contributed by atoms with E-state index in [-0.39, 0.29) is 0 Å². The highest BCUT2D eigenvalue weighted by Gasteiger charge is 2.33. The third-order valence-electron chi connectivity index (χ3n) is 3.06. The highest BCUT2D eigenvalue weighted by Crippen LogP contribution is 2.17. The molecule has 0 radical (unpaired) electrons. The zero-order valence-electron chi connectivity index (χ0n) is 10.1. The number of piperazine rings is 1. The molecule has 1 atom stereocenters. The van der Waals surface area contributed by atoms with Gasteiger partial charge >= 0.3 is 0 Å². The van der Waals surface area contributed by atoms with E-state index in [1.807, 2.05) is 0 Å². The Morgan fingerprint density at radius 3 is 2.53 bits per heavy atom. The van der Waals surface area contributed by atoms with Gasteiger partial charge in [-0.3, -0.25) is 4.90 Å². The van der Waals surface area contributed by atoms with Crippen molar-refractivity contribution < 1.29 is 8.42 Å². The van der Waals surface area contributed by atoms with Crippen LogP contribution in [0.4, 0.5) is 0 Å². The van der Waals surface area contributed by atoms with Gasteiger partial charge in [0.05, 0.1) is 4.75 Å². The number of hydrogen-bond donors (Lipinski definition) is 1. The van der Waals surface area contributed by atoms with Crippen LogP contribution in [0.2, 0.25) is 0 Å². The molecule has 1 unspecified atom stereocenters. The minimum atomic E-state index is -2.98. The van der Waals surface area contributed by atoms with Crippen LogP contribution in [-0.4, -0.2) is 56.5 Å². The summed E-state index contributed by atoms with van der Waals surface area (Å²) in [6.07, 6.45) is 1.32. The molecule has 1 aliphatic rings. The van der Waals surface area contributed by atoms with Crippen LogP contribution in [0, 0.1) is 0 Å². The monoisotopic (exact) mass is 234 g/mol. The summed E-state index contributed by atoms with van der Waals surface area (Å²) >= 11 is 0. The summed E-state index contributed by atoms with van der Waals surface area (Å²) in [7, 11) is -2.98. The van der Waals surface area contributed by atoms with Gasteiger partial charge in [0.15, 0.2) is 9.84 Å². The second-order valence-corrected chi connectivity index (χ2v) is 7.77. The van der Waals surface area contributed by atoms with Gasteiger partial charge in [-0.25, -0.2) is 8.42 Å². The van der Waals surface area contributed by atoms with E-state index in [1.54, 1.807) is 13.8 Å². The van der Waals surface area contributed by atoms with Crippen LogP contribution in [0.5, 0.6) is 0 Å². The maximum Gasteiger partial charge on any atom is 0.153 e. The molecule has 15 heavy (non-hydrogen) atoms. The summed E-state index contributed by atoms with van der Waals surface area (Å²) in [5, 5.41) is 3.35. The summed E-state index contributed by atoms with van der Waals surface area (Å²) in [6.45, 7) is 9.16. The molecule has 1 rings (SSSR count). The third kappa shape index (κ3) is 3.43. The van der Waals surface area contributed by atoms with Gasteiger partial charge in [-0.1, -0.05) is 0 Å². The van der Waals surface area contributed by atoms with Crippen molar-refractivity contribution in [2.45, 2.75) is 31.6 Å². The lowest BCUT2D eigenvalue weighted by atomic mass is 10.1. The first-order valence-electron chi connectivity index (χ1n) is 5.38. The lowest BCUT2D eigenvalue weighted by Gasteiger charge is -2.36. The predicted octanol–water partition coefficient (Wildman–Crippen LogP) is 0.103. The number of rotatable bonds is 3. The Kier molecular flexibility index (Phi) is 3.79. The maximum atomic E-state index is 11.6. The van der Waals surface area contributed by atoms with Gasteiger partial charge in [0.1, 0.15) is 0 Å². The van der Waals surface area contributed by atoms with Gasteiger partial charge in [0, 0.05) is 38.5 Å². The fourth-order valence-corrected chi connectivity index (χ4v) is 2.23. The molecule has 1 saturated heterocycles. The molecular formula is C10H22N2O2S.